The van der Waals surface area contributed by atoms with Gasteiger partial charge in [0.15, 0.2) is 5.41 Å². The first-order chi connectivity index (χ1) is 12.5. The third-order valence-corrected chi connectivity index (χ3v) is 4.89. The molecule has 2 heterocycles. The lowest BCUT2D eigenvalue weighted by Gasteiger charge is -2.34. The topological polar surface area (TPSA) is 112 Å². The summed E-state index contributed by atoms with van der Waals surface area (Å²) in [6.45, 7) is -0.466. The van der Waals surface area contributed by atoms with Crippen molar-refractivity contribution in [1.29, 1.82) is 0 Å². The molecule has 0 bridgehead atoms. The molecule has 2 aromatic rings. The first-order valence-electron chi connectivity index (χ1n) is 8.08. The van der Waals surface area contributed by atoms with E-state index in [1.165, 1.54) is 19.4 Å². The molecule has 1 aliphatic rings. The van der Waals surface area contributed by atoms with Crippen LogP contribution in [0.2, 0.25) is 0 Å². The molecule has 136 valence electrons. The second-order valence-electron chi connectivity index (χ2n) is 6.12. The molecule has 0 aliphatic carbocycles. The fraction of sp³-hybridized carbons (Fsp3) is 0.333. The number of hydrogen-bond acceptors (Lipinski definition) is 6. The molecule has 0 unspecified atom stereocenters. The van der Waals surface area contributed by atoms with Gasteiger partial charge in [-0.1, -0.05) is 30.3 Å². The number of amides is 1. The first-order valence-corrected chi connectivity index (χ1v) is 8.08. The van der Waals surface area contributed by atoms with E-state index >= 15 is 0 Å². The number of nitrogens with zero attached hydrogens (tertiary/aromatic N) is 1. The number of furan rings is 1. The van der Waals surface area contributed by atoms with Gasteiger partial charge in [0.2, 0.25) is 12.5 Å². The lowest BCUT2D eigenvalue weighted by atomic mass is 9.64. The maximum atomic E-state index is 12.9. The Morgan fingerprint density at radius 2 is 2.12 bits per heavy atom. The van der Waals surface area contributed by atoms with E-state index in [9.17, 15) is 19.7 Å². The highest BCUT2D eigenvalue weighted by Crippen LogP contribution is 2.51. The van der Waals surface area contributed by atoms with Crippen molar-refractivity contribution in [2.75, 3.05) is 20.2 Å². The van der Waals surface area contributed by atoms with Gasteiger partial charge in [-0.3, -0.25) is 19.7 Å². The van der Waals surface area contributed by atoms with Crippen LogP contribution in [0, 0.1) is 15.5 Å². The zero-order chi connectivity index (χ0) is 18.7. The van der Waals surface area contributed by atoms with Gasteiger partial charge in [-0.05, 0) is 17.7 Å². The lowest BCUT2D eigenvalue weighted by Crippen LogP contribution is -2.49. The van der Waals surface area contributed by atoms with Gasteiger partial charge in [-0.15, -0.1) is 0 Å². The van der Waals surface area contributed by atoms with E-state index in [1.54, 1.807) is 30.3 Å². The number of nitrogens with one attached hydrogen (secondary N) is 1. The highest BCUT2D eigenvalue weighted by Gasteiger charge is 2.64. The van der Waals surface area contributed by atoms with Gasteiger partial charge in [-0.25, -0.2) is 0 Å². The van der Waals surface area contributed by atoms with Crippen molar-refractivity contribution in [2.24, 2.45) is 5.41 Å². The Balaban J connectivity index is 2.22. The van der Waals surface area contributed by atoms with E-state index in [2.05, 4.69) is 5.32 Å². The Bertz CT molecular complexity index is 804. The molecule has 8 nitrogen and oxygen atoms in total. The first kappa shape index (κ1) is 17.7. The zero-order valence-electron chi connectivity index (χ0n) is 14.1. The summed E-state index contributed by atoms with van der Waals surface area (Å²) in [6.07, 6.45) is 1.36. The minimum Gasteiger partial charge on any atom is -0.469 e. The van der Waals surface area contributed by atoms with Crippen molar-refractivity contribution in [2.45, 2.75) is 11.8 Å². The molecule has 26 heavy (non-hydrogen) atoms. The third-order valence-electron chi connectivity index (χ3n) is 4.89. The maximum absolute atomic E-state index is 12.9. The lowest BCUT2D eigenvalue weighted by molar-refractivity contribution is -0.486. The standard InChI is InChI=1S/C18H18N2O6/c1-25-17(22)18(14(11-20(23)24)15-8-5-9-26-15)13(10-19-16(18)21)12-6-3-2-4-7-12/h2-9,13-14H,10-11H2,1H3,(H,19,21)/t13-,14+,18+/m0/s1. The number of ether oxygens (including phenoxy) is 1. The van der Waals surface area contributed by atoms with Crippen LogP contribution in [0.25, 0.3) is 0 Å². The molecule has 0 spiro atoms. The monoisotopic (exact) mass is 358 g/mol. The Morgan fingerprint density at radius 1 is 1.38 bits per heavy atom. The maximum Gasteiger partial charge on any atom is 0.323 e. The summed E-state index contributed by atoms with van der Waals surface area (Å²) in [5.74, 6) is -2.94. The van der Waals surface area contributed by atoms with Crippen LogP contribution in [0.4, 0.5) is 0 Å². The number of nitro groups is 1. The molecule has 0 radical (unpaired) electrons. The van der Waals surface area contributed by atoms with Gasteiger partial charge < -0.3 is 14.5 Å². The average molecular weight is 358 g/mol. The van der Waals surface area contributed by atoms with Crippen molar-refractivity contribution < 1.29 is 23.7 Å². The van der Waals surface area contributed by atoms with Gasteiger partial charge in [0.1, 0.15) is 11.7 Å². The smallest absolute Gasteiger partial charge is 0.323 e. The van der Waals surface area contributed by atoms with E-state index in [0.29, 0.717) is 0 Å². The Morgan fingerprint density at radius 3 is 2.69 bits per heavy atom. The van der Waals surface area contributed by atoms with Gasteiger partial charge in [0, 0.05) is 17.4 Å². The number of rotatable bonds is 6. The van der Waals surface area contributed by atoms with Crippen LogP contribution in [-0.2, 0) is 14.3 Å². The fourth-order valence-electron chi connectivity index (χ4n) is 3.77. The molecule has 1 N–H and O–H groups in total. The predicted octanol–water partition coefficient (Wildman–Crippen LogP) is 1.71. The van der Waals surface area contributed by atoms with Crippen molar-refractivity contribution in [3.8, 4) is 0 Å². The van der Waals surface area contributed by atoms with Gasteiger partial charge in [-0.2, -0.15) is 0 Å². The third kappa shape index (κ3) is 2.73. The van der Waals surface area contributed by atoms with Gasteiger partial charge >= 0.3 is 5.97 Å². The molecule has 1 aromatic heterocycles. The van der Waals surface area contributed by atoms with E-state index in [0.717, 1.165) is 5.56 Å². The minimum atomic E-state index is -1.79. The molecule has 1 saturated heterocycles. The normalized spacial score (nSPS) is 23.3. The van der Waals surface area contributed by atoms with E-state index in [-0.39, 0.29) is 12.3 Å². The molecule has 8 heteroatoms. The molecule has 1 aliphatic heterocycles. The van der Waals surface area contributed by atoms with Gasteiger partial charge in [0.25, 0.3) is 0 Å². The second kappa shape index (κ2) is 6.99. The van der Waals surface area contributed by atoms with Crippen LogP contribution < -0.4 is 5.32 Å². The summed E-state index contributed by atoms with van der Waals surface area (Å²) in [6, 6.07) is 12.1. The molecule has 1 amide bonds. The molecule has 3 rings (SSSR count). The molecule has 1 fully saturated rings. The number of esters is 1. The summed E-state index contributed by atoms with van der Waals surface area (Å²) in [7, 11) is 1.17. The van der Waals surface area contributed by atoms with Crippen LogP contribution in [0.1, 0.15) is 23.2 Å². The molecule has 1 aromatic carbocycles. The number of carbonyl (C=O) groups excluding carboxylic acids is 2. The number of methoxy groups -OCH3 is 1. The van der Waals surface area contributed by atoms with Crippen molar-refractivity contribution in [3.63, 3.8) is 0 Å². The van der Waals surface area contributed by atoms with Crippen LogP contribution in [0.5, 0.6) is 0 Å². The highest BCUT2D eigenvalue weighted by atomic mass is 16.6. The van der Waals surface area contributed by atoms with Crippen LogP contribution in [0.3, 0.4) is 0 Å². The molecular formula is C18H18N2O6. The molecule has 3 atom stereocenters. The summed E-state index contributed by atoms with van der Waals surface area (Å²) >= 11 is 0. The number of hydrogen-bond donors (Lipinski definition) is 1. The summed E-state index contributed by atoms with van der Waals surface area (Å²) in [4.78, 5) is 36.6. The van der Waals surface area contributed by atoms with Crippen LogP contribution in [-0.4, -0.2) is 37.0 Å². The van der Waals surface area contributed by atoms with Gasteiger partial charge in [0.05, 0.1) is 13.4 Å². The second-order valence-corrected chi connectivity index (χ2v) is 6.12. The van der Waals surface area contributed by atoms with Crippen molar-refractivity contribution >= 4 is 11.9 Å². The quantitative estimate of drug-likeness (QED) is 0.364. The number of carbonyl (C=O) groups is 2. The predicted molar refractivity (Wildman–Crippen MR) is 90.0 cm³/mol. The largest absolute Gasteiger partial charge is 0.469 e. The Hall–Kier alpha value is -3.16. The van der Waals surface area contributed by atoms with Crippen LogP contribution >= 0.6 is 0 Å². The van der Waals surface area contributed by atoms with Crippen molar-refractivity contribution in [1.82, 2.24) is 5.32 Å². The Kier molecular flexibility index (Phi) is 4.75. The zero-order valence-corrected chi connectivity index (χ0v) is 14.1. The molecular weight excluding hydrogens is 340 g/mol. The minimum absolute atomic E-state index is 0.173. The van der Waals surface area contributed by atoms with E-state index in [4.69, 9.17) is 9.15 Å². The summed E-state index contributed by atoms with van der Waals surface area (Å²) < 4.78 is 10.3. The van der Waals surface area contributed by atoms with E-state index in [1.807, 2.05) is 6.07 Å². The van der Waals surface area contributed by atoms with E-state index < -0.39 is 40.6 Å². The highest BCUT2D eigenvalue weighted by molar-refractivity contribution is 6.06. The average Bonchev–Trinajstić information content (AvgIpc) is 3.28. The van der Waals surface area contributed by atoms with Crippen molar-refractivity contribution in [3.05, 3.63) is 70.2 Å². The summed E-state index contributed by atoms with van der Waals surface area (Å²) in [5, 5.41) is 14.0. The molecule has 0 saturated carbocycles. The SMILES string of the molecule is COC(=O)[C@]1([C@H](C[N+](=O)[O-])c2ccco2)C(=O)NC[C@H]1c1ccccc1. The fourth-order valence-corrected chi connectivity index (χ4v) is 3.77. The van der Waals surface area contributed by atoms with Crippen LogP contribution in [0.15, 0.2) is 53.1 Å². The summed E-state index contributed by atoms with van der Waals surface area (Å²) in [5.41, 5.74) is -1.07. The number of benzene rings is 1. The Labute approximate surface area is 149 Å².